The molecule has 0 N–H and O–H groups in total. The number of rotatable bonds is 14. The van der Waals surface area contributed by atoms with Gasteiger partial charge in [-0.05, 0) is 272 Å². The van der Waals surface area contributed by atoms with Gasteiger partial charge in [-0.1, -0.05) is 361 Å². The van der Waals surface area contributed by atoms with Crippen molar-refractivity contribution >= 4 is 110 Å². The first-order chi connectivity index (χ1) is 63.9. The summed E-state index contributed by atoms with van der Waals surface area (Å²) in [5.74, 6) is 0. The minimum atomic E-state index is -0.113. The maximum atomic E-state index is 2.43. The minimum absolute atomic E-state index is 0.0992. The van der Waals surface area contributed by atoms with Crippen molar-refractivity contribution in [1.29, 1.82) is 0 Å². The summed E-state index contributed by atoms with van der Waals surface area (Å²) in [6.45, 7) is 9.42. The second kappa shape index (κ2) is 31.3. The molecule has 0 radical (unpaired) electrons. The summed E-state index contributed by atoms with van der Waals surface area (Å²) in [5.41, 5.74) is 39.0. The van der Waals surface area contributed by atoms with E-state index >= 15 is 0 Å². The molecule has 2 aliphatic rings. The van der Waals surface area contributed by atoms with Gasteiger partial charge < -0.3 is 18.9 Å². The fraction of sp³-hybridized carbons (Fsp3) is 0.0476. The number of benzene rings is 21. The van der Waals surface area contributed by atoms with Gasteiger partial charge in [0.1, 0.15) is 0 Å². The van der Waals surface area contributed by atoms with Crippen molar-refractivity contribution in [3.8, 4) is 100 Å². The van der Waals surface area contributed by atoms with Gasteiger partial charge >= 0.3 is 0 Å². The fourth-order valence-corrected chi connectivity index (χ4v) is 21.2. The monoisotopic (exact) mass is 1660 g/mol. The molecule has 0 bridgehead atoms. The fourth-order valence-electron chi connectivity index (χ4n) is 21.2. The zero-order valence-corrected chi connectivity index (χ0v) is 72.8. The van der Waals surface area contributed by atoms with Gasteiger partial charge in [-0.2, -0.15) is 0 Å². The van der Waals surface area contributed by atoms with Crippen LogP contribution in [0.15, 0.2) is 473 Å². The Hall–Kier alpha value is -16.4. The first-order valence-corrected chi connectivity index (χ1v) is 45.2. The number of hydrogen-bond acceptors (Lipinski definition) is 2. The van der Waals surface area contributed by atoms with Gasteiger partial charge in [-0.15, -0.1) is 0 Å². The highest BCUT2D eigenvalue weighted by molar-refractivity contribution is 6.14. The third kappa shape index (κ3) is 13.2. The minimum Gasteiger partial charge on any atom is -0.310 e. The second-order valence-electron chi connectivity index (χ2n) is 35.9. The van der Waals surface area contributed by atoms with Crippen LogP contribution < -0.4 is 9.80 Å². The molecule has 0 atom stereocenters. The number of aromatic nitrogens is 2. The molecular formula is C126H90N4. The van der Waals surface area contributed by atoms with Crippen molar-refractivity contribution < 1.29 is 0 Å². The molecule has 4 nitrogen and oxygen atoms in total. The average Bonchev–Trinajstić information content (AvgIpc) is 1.69. The van der Waals surface area contributed by atoms with E-state index in [0.717, 1.165) is 34.1 Å². The number of para-hydroxylation sites is 2. The largest absolute Gasteiger partial charge is 0.310 e. The van der Waals surface area contributed by atoms with Gasteiger partial charge in [0.05, 0.1) is 33.4 Å². The molecule has 23 aromatic rings. The summed E-state index contributed by atoms with van der Waals surface area (Å²) >= 11 is 0. The lowest BCUT2D eigenvalue weighted by atomic mass is 9.82. The van der Waals surface area contributed by atoms with E-state index in [2.05, 4.69) is 520 Å². The molecule has 614 valence electrons. The molecular weight excluding hydrogens is 1570 g/mol. The Balaban J connectivity index is 0.000000144. The molecule has 0 saturated carbocycles. The van der Waals surface area contributed by atoms with Crippen molar-refractivity contribution in [2.75, 3.05) is 9.80 Å². The molecule has 2 heterocycles. The topological polar surface area (TPSA) is 16.3 Å². The van der Waals surface area contributed by atoms with Gasteiger partial charge in [-0.3, -0.25) is 0 Å². The highest BCUT2D eigenvalue weighted by atomic mass is 15.1. The molecule has 0 aliphatic heterocycles. The van der Waals surface area contributed by atoms with Crippen LogP contribution >= 0.6 is 0 Å². The van der Waals surface area contributed by atoms with Crippen LogP contribution in [0, 0.1) is 0 Å². The summed E-state index contributed by atoms with van der Waals surface area (Å²) in [6.07, 6.45) is 0. The third-order valence-corrected chi connectivity index (χ3v) is 27.7. The van der Waals surface area contributed by atoms with E-state index in [4.69, 9.17) is 0 Å². The third-order valence-electron chi connectivity index (χ3n) is 27.7. The normalized spacial score (nSPS) is 12.7. The molecule has 2 aliphatic carbocycles. The van der Waals surface area contributed by atoms with Gasteiger partial charge in [0.2, 0.25) is 0 Å². The number of hydrogen-bond donors (Lipinski definition) is 0. The lowest BCUT2D eigenvalue weighted by Crippen LogP contribution is -2.16. The molecule has 25 rings (SSSR count). The molecule has 0 amide bonds. The van der Waals surface area contributed by atoms with E-state index in [1.54, 1.807) is 0 Å². The summed E-state index contributed by atoms with van der Waals surface area (Å²) in [5, 5.41) is 12.4. The molecule has 0 spiro atoms. The molecule has 21 aromatic carbocycles. The highest BCUT2D eigenvalue weighted by Crippen LogP contribution is 2.54. The number of nitrogens with zero attached hydrogens (tertiary/aromatic N) is 4. The lowest BCUT2D eigenvalue weighted by molar-refractivity contribution is 0.660. The van der Waals surface area contributed by atoms with Gasteiger partial charge in [0, 0.05) is 77.3 Å². The Kier molecular flexibility index (Phi) is 18.6. The molecule has 0 saturated heterocycles. The average molecular weight is 1660 g/mol. The van der Waals surface area contributed by atoms with Crippen LogP contribution in [0.25, 0.3) is 176 Å². The van der Waals surface area contributed by atoms with Gasteiger partial charge in [0.25, 0.3) is 0 Å². The zero-order valence-electron chi connectivity index (χ0n) is 72.8. The molecule has 2 aromatic heterocycles. The van der Waals surface area contributed by atoms with Crippen molar-refractivity contribution in [3.05, 3.63) is 495 Å². The summed E-state index contributed by atoms with van der Waals surface area (Å²) < 4.78 is 4.86. The van der Waals surface area contributed by atoms with Gasteiger partial charge in [-0.25, -0.2) is 0 Å². The van der Waals surface area contributed by atoms with Crippen LogP contribution in [-0.2, 0) is 10.8 Å². The predicted molar refractivity (Wildman–Crippen MR) is 551 cm³/mol. The SMILES string of the molecule is CC1(C)c2ccccc2-c2ccc(N(c3ccc(-c4cccc(-c5ccc6c(c5)c5ccccc5n6-c5cccc6ccccc56)c4)cc3)c3ccc4cc(-c5ccccc5)ccc4c3)cc21.CC1(C)c2ccccc2-c2ccc(N(c3ccc(-c4ccccc4)cc3)c3ccc(-c4cccc(-c5ccc6c(c5)c5ccccc5n6-c5cccc6ccccc56)c4)cc3)cc21. The standard InChI is InChI=1S/C65H46N2.C61H44N2/c1-65(2)60-23-10-8-21-56(60)57-36-35-54(42-61(57)65)66(53-34-30-49-39-48(26-27-50(49)40-53)43-14-4-3-5-15-43)52-32-28-44(29-33-52)46-18-12-19-47(38-46)51-31-37-64-59(41-51)58-22-9-11-24-63(58)67(64)62-25-13-17-45-16-6-7-20-55(45)62;1-61(2)56-23-10-8-21-52(56)53-36-35-50(40-57(53)61)62(48-31-26-42(27-32-48)41-14-4-3-5-15-41)49-33-28-43(29-34-49)45-18-12-19-46(38-45)47-30-37-60-55(39-47)54-22-9-11-24-59(54)63(60)58-25-13-17-44-16-6-7-20-51(44)58/h3-42H,1-2H3;3-40H,1-2H3. The summed E-state index contributed by atoms with van der Waals surface area (Å²) in [7, 11) is 0. The van der Waals surface area contributed by atoms with E-state index in [9.17, 15) is 0 Å². The molecule has 130 heavy (non-hydrogen) atoms. The Morgan fingerprint density at radius 2 is 0.446 bits per heavy atom. The van der Waals surface area contributed by atoms with Crippen LogP contribution in [0.5, 0.6) is 0 Å². The van der Waals surface area contributed by atoms with Crippen LogP contribution in [0.2, 0.25) is 0 Å². The van der Waals surface area contributed by atoms with Crippen LogP contribution in [-0.4, -0.2) is 9.13 Å². The maximum Gasteiger partial charge on any atom is 0.0541 e. The van der Waals surface area contributed by atoms with E-state index in [-0.39, 0.29) is 10.8 Å². The quantitative estimate of drug-likeness (QED) is 0.108. The maximum absolute atomic E-state index is 2.43. The Morgan fingerprint density at radius 1 is 0.162 bits per heavy atom. The lowest BCUT2D eigenvalue weighted by Gasteiger charge is -2.28. The van der Waals surface area contributed by atoms with Crippen LogP contribution in [0.3, 0.4) is 0 Å². The van der Waals surface area contributed by atoms with E-state index < -0.39 is 0 Å². The number of anilines is 6. The van der Waals surface area contributed by atoms with E-state index in [1.807, 2.05) is 0 Å². The zero-order chi connectivity index (χ0) is 86.7. The first-order valence-electron chi connectivity index (χ1n) is 45.2. The Labute approximate surface area is 758 Å². The summed E-state index contributed by atoms with van der Waals surface area (Å²) in [6, 6.07) is 174. The van der Waals surface area contributed by atoms with Crippen molar-refractivity contribution in [3.63, 3.8) is 0 Å². The van der Waals surface area contributed by atoms with Crippen molar-refractivity contribution in [1.82, 2.24) is 9.13 Å². The van der Waals surface area contributed by atoms with Crippen LogP contribution in [0.4, 0.5) is 34.1 Å². The van der Waals surface area contributed by atoms with Crippen molar-refractivity contribution in [2.24, 2.45) is 0 Å². The van der Waals surface area contributed by atoms with Gasteiger partial charge in [0.15, 0.2) is 0 Å². The highest BCUT2D eigenvalue weighted by Gasteiger charge is 2.38. The van der Waals surface area contributed by atoms with E-state index in [0.29, 0.717) is 0 Å². The number of fused-ring (bicyclic) bond motifs is 15. The molecule has 4 heteroatoms. The summed E-state index contributed by atoms with van der Waals surface area (Å²) in [4.78, 5) is 4.83. The van der Waals surface area contributed by atoms with Crippen molar-refractivity contribution in [2.45, 2.75) is 38.5 Å². The van der Waals surface area contributed by atoms with E-state index in [1.165, 1.54) is 199 Å². The molecule has 0 unspecified atom stereocenters. The predicted octanol–water partition coefficient (Wildman–Crippen LogP) is 34.6. The smallest absolute Gasteiger partial charge is 0.0541 e. The Morgan fingerprint density at radius 3 is 0.923 bits per heavy atom. The molecule has 0 fully saturated rings. The Bertz CT molecular complexity index is 8390. The second-order valence-corrected chi connectivity index (χ2v) is 35.9. The first kappa shape index (κ1) is 77.2. The van der Waals surface area contributed by atoms with Crippen LogP contribution in [0.1, 0.15) is 49.9 Å².